The van der Waals surface area contributed by atoms with E-state index in [0.29, 0.717) is 32.1 Å². The van der Waals surface area contributed by atoms with Crippen molar-refractivity contribution in [1.82, 2.24) is 15.1 Å². The maximum absolute atomic E-state index is 12.1. The molecule has 0 aliphatic carbocycles. The molecule has 1 aromatic rings. The number of anilines is 1. The van der Waals surface area contributed by atoms with Crippen LogP contribution >= 0.6 is 0 Å². The standard InChI is InChI=1S/C14H22N4O4/c1-4-22-13(20)14(2,3)18-8-10(7-16-18)17-12(19)11-9-21-6-5-15-11/h7-8,11,15H,4-6,9H2,1-3H3,(H,17,19). The Balaban J connectivity index is 2.01. The van der Waals surface area contributed by atoms with Gasteiger partial charge in [0.25, 0.3) is 0 Å². The van der Waals surface area contributed by atoms with Gasteiger partial charge in [-0.2, -0.15) is 5.10 Å². The van der Waals surface area contributed by atoms with Gasteiger partial charge in [-0.3, -0.25) is 9.48 Å². The van der Waals surface area contributed by atoms with Crippen LogP contribution in [-0.4, -0.2) is 54.1 Å². The summed E-state index contributed by atoms with van der Waals surface area (Å²) in [4.78, 5) is 24.0. The molecule has 122 valence electrons. The van der Waals surface area contributed by atoms with Crippen molar-refractivity contribution >= 4 is 17.6 Å². The fraction of sp³-hybridized carbons (Fsp3) is 0.643. The van der Waals surface area contributed by atoms with Crippen LogP contribution in [0.2, 0.25) is 0 Å². The third kappa shape index (κ3) is 3.63. The first-order chi connectivity index (χ1) is 10.4. The summed E-state index contributed by atoms with van der Waals surface area (Å²) in [6.45, 7) is 7.07. The molecule has 0 saturated carbocycles. The second kappa shape index (κ2) is 6.89. The molecule has 2 heterocycles. The molecule has 1 aliphatic rings. The zero-order chi connectivity index (χ0) is 16.2. The Bertz CT molecular complexity index is 535. The summed E-state index contributed by atoms with van der Waals surface area (Å²) < 4.78 is 11.8. The van der Waals surface area contributed by atoms with E-state index in [9.17, 15) is 9.59 Å². The van der Waals surface area contributed by atoms with Gasteiger partial charge in [-0.15, -0.1) is 0 Å². The van der Waals surface area contributed by atoms with Crippen LogP contribution in [0.3, 0.4) is 0 Å². The number of carbonyl (C=O) groups excluding carboxylic acids is 2. The number of nitrogens with one attached hydrogen (secondary N) is 2. The summed E-state index contributed by atoms with van der Waals surface area (Å²) >= 11 is 0. The van der Waals surface area contributed by atoms with Crippen molar-refractivity contribution in [2.24, 2.45) is 0 Å². The number of esters is 1. The van der Waals surface area contributed by atoms with Gasteiger partial charge in [-0.1, -0.05) is 0 Å². The van der Waals surface area contributed by atoms with Crippen molar-refractivity contribution in [3.63, 3.8) is 0 Å². The van der Waals surface area contributed by atoms with Crippen LogP contribution in [0.4, 0.5) is 5.69 Å². The quantitative estimate of drug-likeness (QED) is 0.750. The van der Waals surface area contributed by atoms with E-state index in [1.165, 1.54) is 10.9 Å². The molecule has 2 rings (SSSR count). The summed E-state index contributed by atoms with van der Waals surface area (Å²) in [6.07, 6.45) is 3.11. The number of nitrogens with zero attached hydrogens (tertiary/aromatic N) is 2. The number of aromatic nitrogens is 2. The summed E-state index contributed by atoms with van der Waals surface area (Å²) in [5.74, 6) is -0.563. The van der Waals surface area contributed by atoms with Gasteiger partial charge in [0.1, 0.15) is 6.04 Å². The Hall–Kier alpha value is -1.93. The Labute approximate surface area is 129 Å². The predicted molar refractivity (Wildman–Crippen MR) is 79.4 cm³/mol. The molecule has 2 N–H and O–H groups in total. The SMILES string of the molecule is CCOC(=O)C(C)(C)n1cc(NC(=O)C2COCCN2)cn1. The van der Waals surface area contributed by atoms with E-state index in [0.717, 1.165) is 0 Å². The summed E-state index contributed by atoms with van der Waals surface area (Å²) in [6, 6.07) is -0.379. The first kappa shape index (κ1) is 16.4. The zero-order valence-electron chi connectivity index (χ0n) is 13.1. The number of amides is 1. The maximum atomic E-state index is 12.1. The molecule has 1 atom stereocenters. The topological polar surface area (TPSA) is 94.5 Å². The average Bonchev–Trinajstić information content (AvgIpc) is 2.97. The fourth-order valence-electron chi connectivity index (χ4n) is 2.06. The Morgan fingerprint density at radius 3 is 3.00 bits per heavy atom. The van der Waals surface area contributed by atoms with E-state index in [1.807, 2.05) is 0 Å². The van der Waals surface area contributed by atoms with Gasteiger partial charge in [-0.25, -0.2) is 4.79 Å². The third-order valence-corrected chi connectivity index (χ3v) is 3.44. The number of morpholine rings is 1. The van der Waals surface area contributed by atoms with Crippen LogP contribution in [-0.2, 0) is 24.6 Å². The van der Waals surface area contributed by atoms with E-state index in [-0.39, 0.29) is 17.9 Å². The largest absolute Gasteiger partial charge is 0.464 e. The van der Waals surface area contributed by atoms with Crippen molar-refractivity contribution in [2.45, 2.75) is 32.4 Å². The maximum Gasteiger partial charge on any atom is 0.333 e. The van der Waals surface area contributed by atoms with E-state index in [4.69, 9.17) is 9.47 Å². The smallest absolute Gasteiger partial charge is 0.333 e. The third-order valence-electron chi connectivity index (χ3n) is 3.44. The van der Waals surface area contributed by atoms with Crippen molar-refractivity contribution in [3.8, 4) is 0 Å². The molecule has 8 nitrogen and oxygen atoms in total. The zero-order valence-corrected chi connectivity index (χ0v) is 13.1. The molecule has 0 spiro atoms. The molecule has 0 aromatic carbocycles. The minimum Gasteiger partial charge on any atom is -0.464 e. The molecular formula is C14H22N4O4. The lowest BCUT2D eigenvalue weighted by molar-refractivity contribution is -0.152. The van der Waals surface area contributed by atoms with E-state index < -0.39 is 5.54 Å². The van der Waals surface area contributed by atoms with Gasteiger partial charge < -0.3 is 20.1 Å². The molecule has 1 fully saturated rings. The van der Waals surface area contributed by atoms with Crippen LogP contribution in [0, 0.1) is 0 Å². The van der Waals surface area contributed by atoms with Crippen LogP contribution in [0.1, 0.15) is 20.8 Å². The van der Waals surface area contributed by atoms with Gasteiger partial charge >= 0.3 is 5.97 Å². The molecule has 1 aliphatic heterocycles. The fourth-order valence-corrected chi connectivity index (χ4v) is 2.06. The lowest BCUT2D eigenvalue weighted by atomic mass is 10.1. The molecule has 0 radical (unpaired) electrons. The van der Waals surface area contributed by atoms with Crippen LogP contribution in [0.5, 0.6) is 0 Å². The van der Waals surface area contributed by atoms with E-state index in [1.54, 1.807) is 27.0 Å². The first-order valence-corrected chi connectivity index (χ1v) is 7.29. The van der Waals surface area contributed by atoms with E-state index >= 15 is 0 Å². The average molecular weight is 310 g/mol. The Morgan fingerprint density at radius 2 is 2.36 bits per heavy atom. The Morgan fingerprint density at radius 1 is 1.59 bits per heavy atom. The number of hydrogen-bond acceptors (Lipinski definition) is 6. The van der Waals surface area contributed by atoms with Gasteiger partial charge in [0.15, 0.2) is 5.54 Å². The highest BCUT2D eigenvalue weighted by atomic mass is 16.5. The molecular weight excluding hydrogens is 288 g/mol. The Kier molecular flexibility index (Phi) is 5.15. The van der Waals surface area contributed by atoms with E-state index in [2.05, 4.69) is 15.7 Å². The normalized spacial score (nSPS) is 18.8. The van der Waals surface area contributed by atoms with Gasteiger partial charge in [0, 0.05) is 12.7 Å². The summed E-state index contributed by atoms with van der Waals surface area (Å²) in [5, 5.41) is 9.97. The van der Waals surface area contributed by atoms with Gasteiger partial charge in [0.2, 0.25) is 5.91 Å². The minimum absolute atomic E-state index is 0.187. The number of rotatable bonds is 5. The predicted octanol–water partition coefficient (Wildman–Crippen LogP) is 0.108. The summed E-state index contributed by atoms with van der Waals surface area (Å²) in [5.41, 5.74) is -0.416. The lowest BCUT2D eigenvalue weighted by Crippen LogP contribution is -2.48. The number of hydrogen-bond donors (Lipinski definition) is 2. The summed E-state index contributed by atoms with van der Waals surface area (Å²) in [7, 11) is 0. The molecule has 22 heavy (non-hydrogen) atoms. The van der Waals surface area contributed by atoms with Crippen molar-refractivity contribution in [1.29, 1.82) is 0 Å². The lowest BCUT2D eigenvalue weighted by Gasteiger charge is -2.23. The monoisotopic (exact) mass is 310 g/mol. The van der Waals surface area contributed by atoms with Crippen molar-refractivity contribution < 1.29 is 19.1 Å². The molecule has 0 bridgehead atoms. The second-order valence-electron chi connectivity index (χ2n) is 5.52. The molecule has 1 saturated heterocycles. The highest BCUT2D eigenvalue weighted by Gasteiger charge is 2.32. The molecule has 1 aromatic heterocycles. The van der Waals surface area contributed by atoms with Gasteiger partial charge in [0.05, 0.1) is 31.7 Å². The first-order valence-electron chi connectivity index (χ1n) is 7.29. The number of ether oxygens (including phenoxy) is 2. The van der Waals surface area contributed by atoms with Crippen LogP contribution < -0.4 is 10.6 Å². The highest BCUT2D eigenvalue weighted by molar-refractivity contribution is 5.94. The molecule has 1 unspecified atom stereocenters. The number of carbonyl (C=O) groups is 2. The second-order valence-corrected chi connectivity index (χ2v) is 5.52. The van der Waals surface area contributed by atoms with Crippen molar-refractivity contribution in [2.75, 3.05) is 31.7 Å². The van der Waals surface area contributed by atoms with Crippen LogP contribution in [0.15, 0.2) is 12.4 Å². The highest BCUT2D eigenvalue weighted by Crippen LogP contribution is 2.19. The molecule has 1 amide bonds. The van der Waals surface area contributed by atoms with Crippen LogP contribution in [0.25, 0.3) is 0 Å². The molecule has 8 heteroatoms. The minimum atomic E-state index is -0.939. The van der Waals surface area contributed by atoms with Gasteiger partial charge in [-0.05, 0) is 20.8 Å². The van der Waals surface area contributed by atoms with Crippen molar-refractivity contribution in [3.05, 3.63) is 12.4 Å².